The Bertz CT molecular complexity index is 1490. The monoisotopic (exact) mass is 568 g/mol. The lowest BCUT2D eigenvalue weighted by Crippen LogP contribution is -2.29. The number of hydrogen-bond acceptors (Lipinski definition) is 6. The topological polar surface area (TPSA) is 89.6 Å². The maximum atomic E-state index is 13.5. The highest BCUT2D eigenvalue weighted by atomic mass is 79.9. The van der Waals surface area contributed by atoms with Crippen LogP contribution in [-0.4, -0.2) is 31.9 Å². The molecule has 1 atom stereocenters. The maximum absolute atomic E-state index is 13.5. The zero-order chi connectivity index (χ0) is 27.1. The van der Waals surface area contributed by atoms with Gasteiger partial charge in [-0.3, -0.25) is 19.3 Å². The van der Waals surface area contributed by atoms with Gasteiger partial charge < -0.3 is 9.84 Å². The van der Waals surface area contributed by atoms with Crippen LogP contribution in [0.4, 0.5) is 4.39 Å². The van der Waals surface area contributed by atoms with Crippen molar-refractivity contribution in [3.05, 3.63) is 91.1 Å². The number of halogens is 2. The van der Waals surface area contributed by atoms with Gasteiger partial charge in [-0.2, -0.15) is 0 Å². The number of aryl methyl sites for hydroxylation is 3. The molecule has 3 aromatic rings. The van der Waals surface area contributed by atoms with Crippen molar-refractivity contribution in [3.8, 4) is 5.75 Å². The van der Waals surface area contributed by atoms with Crippen LogP contribution in [0.25, 0.3) is 5.70 Å². The molecule has 0 amide bonds. The molecule has 0 unspecified atom stereocenters. The number of aliphatic imine (C=N–C) groups is 1. The molecule has 0 aliphatic carbocycles. The fourth-order valence-electron chi connectivity index (χ4n) is 4.19. The fourth-order valence-corrected chi connectivity index (χ4v) is 4.59. The molecule has 7 nitrogen and oxygen atoms in total. The third-order valence-electron chi connectivity index (χ3n) is 6.37. The van der Waals surface area contributed by atoms with Crippen LogP contribution in [0.5, 0.6) is 5.75 Å². The van der Waals surface area contributed by atoms with E-state index in [1.165, 1.54) is 6.07 Å². The van der Waals surface area contributed by atoms with Gasteiger partial charge in [0.2, 0.25) is 0 Å². The first-order valence-corrected chi connectivity index (χ1v) is 12.8. The fraction of sp³-hybridized carbons (Fsp3) is 0.357. The highest BCUT2D eigenvalue weighted by Gasteiger charge is 2.25. The summed E-state index contributed by atoms with van der Waals surface area (Å²) in [6.07, 6.45) is 3.04. The lowest BCUT2D eigenvalue weighted by Gasteiger charge is -2.25. The lowest BCUT2D eigenvalue weighted by molar-refractivity contribution is 0.0738. The summed E-state index contributed by atoms with van der Waals surface area (Å²) in [5.41, 5.74) is 4.23. The van der Waals surface area contributed by atoms with Crippen LogP contribution >= 0.6 is 15.9 Å². The van der Waals surface area contributed by atoms with Crippen LogP contribution in [-0.2, 0) is 12.2 Å². The normalized spacial score (nSPS) is 15.9. The molecule has 1 aliphatic rings. The number of nitrogens with zero attached hydrogens (tertiary/aromatic N) is 4. The summed E-state index contributed by atoms with van der Waals surface area (Å²) in [6.45, 7) is 11.6. The van der Waals surface area contributed by atoms with Crippen molar-refractivity contribution in [1.29, 1.82) is 0 Å². The molecule has 194 valence electrons. The highest BCUT2D eigenvalue weighted by Crippen LogP contribution is 2.29. The third-order valence-corrected chi connectivity index (χ3v) is 7.10. The summed E-state index contributed by atoms with van der Waals surface area (Å²) in [7, 11) is 0. The number of pyridine rings is 3. The zero-order valence-electron chi connectivity index (χ0n) is 21.8. The number of rotatable bonds is 6. The van der Waals surface area contributed by atoms with E-state index in [9.17, 15) is 14.3 Å². The predicted octanol–water partition coefficient (Wildman–Crippen LogP) is 5.25. The van der Waals surface area contributed by atoms with Crippen molar-refractivity contribution in [3.63, 3.8) is 0 Å². The number of ether oxygens (including phenoxy) is 1. The van der Waals surface area contributed by atoms with Crippen LogP contribution in [0.3, 0.4) is 0 Å². The van der Waals surface area contributed by atoms with Gasteiger partial charge in [0.1, 0.15) is 28.2 Å². The largest absolute Gasteiger partial charge is 0.486 e. The molecule has 4 heterocycles. The molecular weight excluding hydrogens is 539 g/mol. The molecule has 4 rings (SSSR count). The minimum absolute atomic E-state index is 0.0114. The number of hydrogen-bond donors (Lipinski definition) is 1. The summed E-state index contributed by atoms with van der Waals surface area (Å²) in [6, 6.07) is 6.92. The van der Waals surface area contributed by atoms with Crippen LogP contribution in [0.2, 0.25) is 0 Å². The highest BCUT2D eigenvalue weighted by molar-refractivity contribution is 9.10. The number of aromatic nitrogens is 3. The second-order valence-corrected chi connectivity index (χ2v) is 10.7. The minimum Gasteiger partial charge on any atom is -0.486 e. The van der Waals surface area contributed by atoms with Crippen LogP contribution < -0.4 is 10.3 Å². The van der Waals surface area contributed by atoms with Gasteiger partial charge in [-0.1, -0.05) is 13.0 Å². The summed E-state index contributed by atoms with van der Waals surface area (Å²) < 4.78 is 21.2. The molecule has 0 saturated heterocycles. The third kappa shape index (κ3) is 5.57. The molecule has 0 saturated carbocycles. The smallest absolute Gasteiger partial charge is 0.273 e. The summed E-state index contributed by atoms with van der Waals surface area (Å²) in [5.74, 6) is -0.0314. The Hall–Kier alpha value is -3.17. The van der Waals surface area contributed by atoms with E-state index in [0.29, 0.717) is 46.3 Å². The Morgan fingerprint density at radius 2 is 1.95 bits per heavy atom. The Morgan fingerprint density at radius 3 is 2.62 bits per heavy atom. The summed E-state index contributed by atoms with van der Waals surface area (Å²) in [5, 5.41) is 10.4. The number of dihydropyridines is 1. The number of allylic oxidation sites excluding steroid dienone is 1. The first-order chi connectivity index (χ1) is 17.4. The molecular formula is C28H30BrFN4O3. The van der Waals surface area contributed by atoms with Gasteiger partial charge in [-0.15, -0.1) is 0 Å². The second-order valence-electron chi connectivity index (χ2n) is 9.93. The molecule has 3 aromatic heterocycles. The summed E-state index contributed by atoms with van der Waals surface area (Å²) >= 11 is 3.42. The average molecular weight is 569 g/mol. The Labute approximate surface area is 223 Å². The maximum Gasteiger partial charge on any atom is 0.273 e. The van der Waals surface area contributed by atoms with Crippen molar-refractivity contribution < 1.29 is 14.2 Å². The molecule has 37 heavy (non-hydrogen) atoms. The molecule has 0 spiro atoms. The molecule has 1 aliphatic heterocycles. The molecule has 0 radical (unpaired) electrons. The first kappa shape index (κ1) is 26.9. The predicted molar refractivity (Wildman–Crippen MR) is 145 cm³/mol. The van der Waals surface area contributed by atoms with E-state index >= 15 is 0 Å². The Balaban J connectivity index is 1.70. The summed E-state index contributed by atoms with van der Waals surface area (Å²) in [4.78, 5) is 27.0. The van der Waals surface area contributed by atoms with Gasteiger partial charge in [0.25, 0.3) is 5.56 Å². The molecule has 0 aromatic carbocycles. The average Bonchev–Trinajstić information content (AvgIpc) is 2.82. The van der Waals surface area contributed by atoms with Crippen molar-refractivity contribution in [2.24, 2.45) is 10.9 Å². The van der Waals surface area contributed by atoms with E-state index in [4.69, 9.17) is 14.7 Å². The van der Waals surface area contributed by atoms with E-state index < -0.39 is 11.4 Å². The lowest BCUT2D eigenvalue weighted by atomic mass is 9.98. The van der Waals surface area contributed by atoms with E-state index in [1.807, 2.05) is 39.0 Å². The first-order valence-electron chi connectivity index (χ1n) is 12.0. The van der Waals surface area contributed by atoms with E-state index in [0.717, 1.165) is 17.5 Å². The molecule has 0 bridgehead atoms. The van der Waals surface area contributed by atoms with Gasteiger partial charge in [-0.05, 0) is 79.9 Å². The van der Waals surface area contributed by atoms with Gasteiger partial charge in [0, 0.05) is 29.9 Å². The SMILES string of the molecule is Cc1cc(F)cnc1COc1cc(C)n(C2=CC(c3nc(C(C)(C)O)ccc3C)=NC[C@H]2C)c(=O)c1Br. The second kappa shape index (κ2) is 10.3. The van der Waals surface area contributed by atoms with Gasteiger partial charge in [0.05, 0.1) is 29.0 Å². The van der Waals surface area contributed by atoms with E-state index in [-0.39, 0.29) is 22.6 Å². The van der Waals surface area contributed by atoms with Gasteiger partial charge in [-0.25, -0.2) is 9.37 Å². The van der Waals surface area contributed by atoms with Crippen molar-refractivity contribution >= 4 is 27.3 Å². The zero-order valence-corrected chi connectivity index (χ0v) is 23.4. The molecule has 0 fully saturated rings. The standard InChI is InChI=1S/C28H30BrFN4O3/c1-15-7-8-24(28(5,6)36)33-26(15)20-11-22(17(3)12-31-20)34-18(4)10-23(25(29)27(34)35)37-14-21-16(2)9-19(30)13-32-21/h7-11,13,17,36H,12,14H2,1-6H3/t17-/m1/s1. The van der Waals surface area contributed by atoms with Gasteiger partial charge >= 0.3 is 0 Å². The molecule has 9 heteroatoms. The van der Waals surface area contributed by atoms with Gasteiger partial charge in [0.15, 0.2) is 0 Å². The molecule has 1 N–H and O–H groups in total. The van der Waals surface area contributed by atoms with Crippen LogP contribution in [0.1, 0.15) is 54.7 Å². The van der Waals surface area contributed by atoms with Crippen LogP contribution in [0, 0.1) is 32.5 Å². The minimum atomic E-state index is -1.09. The van der Waals surface area contributed by atoms with Crippen molar-refractivity contribution in [1.82, 2.24) is 14.5 Å². The van der Waals surface area contributed by atoms with Crippen molar-refractivity contribution in [2.75, 3.05) is 6.54 Å². The Kier molecular flexibility index (Phi) is 7.48. The quantitative estimate of drug-likeness (QED) is 0.438. The number of aliphatic hydroxyl groups is 1. The van der Waals surface area contributed by atoms with E-state index in [2.05, 4.69) is 20.9 Å². The van der Waals surface area contributed by atoms with E-state index in [1.54, 1.807) is 31.4 Å². The van der Waals surface area contributed by atoms with Crippen molar-refractivity contribution in [2.45, 2.75) is 53.8 Å². The Morgan fingerprint density at radius 1 is 1.22 bits per heavy atom. The van der Waals surface area contributed by atoms with Crippen LogP contribution in [0.15, 0.2) is 50.8 Å².